The van der Waals surface area contributed by atoms with E-state index in [0.717, 1.165) is 19.8 Å². The van der Waals surface area contributed by atoms with Crippen molar-refractivity contribution in [3.63, 3.8) is 0 Å². The van der Waals surface area contributed by atoms with Crippen LogP contribution in [-0.4, -0.2) is 76.7 Å². The highest BCUT2D eigenvalue weighted by Crippen LogP contribution is 2.26. The van der Waals surface area contributed by atoms with Gasteiger partial charge in [0.25, 0.3) is 17.7 Å². The molecule has 0 aliphatic carbocycles. The summed E-state index contributed by atoms with van der Waals surface area (Å²) in [6.07, 6.45) is -1.10. The summed E-state index contributed by atoms with van der Waals surface area (Å²) in [7, 11) is 0. The number of hydrogen-bond acceptors (Lipinski definition) is 9. The van der Waals surface area contributed by atoms with Gasteiger partial charge < -0.3 is 24.6 Å². The maximum absolute atomic E-state index is 13.6. The minimum atomic E-state index is -1.58. The molecule has 13 nitrogen and oxygen atoms in total. The first kappa shape index (κ1) is 27.8. The van der Waals surface area contributed by atoms with Gasteiger partial charge in [0.05, 0.1) is 6.61 Å². The van der Waals surface area contributed by atoms with Crippen LogP contribution >= 0.6 is 0 Å². The van der Waals surface area contributed by atoms with Crippen molar-refractivity contribution in [2.75, 3.05) is 29.9 Å². The molecule has 0 unspecified atom stereocenters. The number of carbonyl (C=O) groups excluding carboxylic acids is 4. The van der Waals surface area contributed by atoms with Crippen molar-refractivity contribution < 1.29 is 33.2 Å². The van der Waals surface area contributed by atoms with Crippen LogP contribution in [0.25, 0.3) is 11.4 Å². The highest BCUT2D eigenvalue weighted by Gasteiger charge is 2.42. The van der Waals surface area contributed by atoms with Gasteiger partial charge >= 0.3 is 11.7 Å². The third-order valence-electron chi connectivity index (χ3n) is 7.03. The number of aromatic amines is 1. The number of amides is 3. The minimum absolute atomic E-state index is 0.0768. The molecule has 41 heavy (non-hydrogen) atoms. The summed E-state index contributed by atoms with van der Waals surface area (Å²) < 4.78 is 15.4. The molecular weight excluding hydrogens is 534 g/mol. The Balaban J connectivity index is 1.33. The number of benzene rings is 2. The Morgan fingerprint density at radius 3 is 2.56 bits per heavy atom. The van der Waals surface area contributed by atoms with Gasteiger partial charge in [-0.2, -0.15) is 0 Å². The number of esters is 1. The maximum atomic E-state index is 13.6. The molecule has 3 atom stereocenters. The molecule has 3 aromatic rings. The van der Waals surface area contributed by atoms with Crippen LogP contribution in [0.1, 0.15) is 37.0 Å². The lowest BCUT2D eigenvalue weighted by molar-refractivity contribution is -0.167. The summed E-state index contributed by atoms with van der Waals surface area (Å²) in [6.45, 7) is 4.09. The second kappa shape index (κ2) is 11.8. The fraction of sp³-hybridized carbons (Fsp3) is 0.357. The third-order valence-corrected chi connectivity index (χ3v) is 7.03. The number of ether oxygens (including phenoxy) is 2. The molecule has 13 heteroatoms. The highest BCUT2D eigenvalue weighted by atomic mass is 16.6. The fourth-order valence-electron chi connectivity index (χ4n) is 5.00. The second-order valence-corrected chi connectivity index (χ2v) is 9.86. The van der Waals surface area contributed by atoms with E-state index < -0.39 is 35.7 Å². The predicted octanol–water partition coefficient (Wildman–Crippen LogP) is 1.96. The van der Waals surface area contributed by atoms with Gasteiger partial charge in [0.2, 0.25) is 6.10 Å². The van der Waals surface area contributed by atoms with Crippen LogP contribution in [-0.2, 0) is 23.9 Å². The molecule has 2 fully saturated rings. The summed E-state index contributed by atoms with van der Waals surface area (Å²) in [4.78, 5) is 68.7. The van der Waals surface area contributed by atoms with Crippen LogP contribution in [0, 0.1) is 0 Å². The number of H-pyrrole nitrogens is 1. The number of nitrogens with zero attached hydrogens (tertiary/aromatic N) is 3. The van der Waals surface area contributed by atoms with Crippen molar-refractivity contribution >= 4 is 35.1 Å². The van der Waals surface area contributed by atoms with Gasteiger partial charge in [-0.05, 0) is 62.2 Å². The smallest absolute Gasteiger partial charge is 0.439 e. The average molecular weight is 564 g/mol. The van der Waals surface area contributed by atoms with E-state index in [9.17, 15) is 24.0 Å². The number of carbonyl (C=O) groups is 4. The SMILES string of the molecule is CC(=O)O[C@@H](C(=O)Nc1ccc(-c2noc(=O)[nH]2)cc1)[C@H]1OCCN(c2cccc(C(=O)N3CCC[C@@H]3C)c2)C1=O. The molecule has 0 spiro atoms. The summed E-state index contributed by atoms with van der Waals surface area (Å²) in [5.74, 6) is -2.71. The number of nitrogens with one attached hydrogen (secondary N) is 2. The summed E-state index contributed by atoms with van der Waals surface area (Å²) >= 11 is 0. The molecule has 2 N–H and O–H groups in total. The van der Waals surface area contributed by atoms with E-state index in [-0.39, 0.29) is 30.9 Å². The highest BCUT2D eigenvalue weighted by molar-refractivity contribution is 6.05. The van der Waals surface area contributed by atoms with Crippen molar-refractivity contribution in [3.8, 4) is 11.4 Å². The molecule has 0 bridgehead atoms. The lowest BCUT2D eigenvalue weighted by Gasteiger charge is -2.35. The molecule has 3 heterocycles. The zero-order valence-electron chi connectivity index (χ0n) is 22.5. The Hall–Kier alpha value is -4.78. The molecule has 2 aromatic carbocycles. The van der Waals surface area contributed by atoms with Gasteiger partial charge in [0.15, 0.2) is 11.9 Å². The molecule has 2 saturated heterocycles. The Labute approximate surface area is 234 Å². The van der Waals surface area contributed by atoms with Crippen LogP contribution in [0.5, 0.6) is 0 Å². The normalized spacial score (nSPS) is 19.6. The number of anilines is 2. The van der Waals surface area contributed by atoms with E-state index in [2.05, 4.69) is 20.0 Å². The summed E-state index contributed by atoms with van der Waals surface area (Å²) in [6, 6.07) is 13.2. The largest absolute Gasteiger partial charge is 0.449 e. The number of hydrogen-bond donors (Lipinski definition) is 2. The van der Waals surface area contributed by atoms with E-state index in [4.69, 9.17) is 9.47 Å². The molecule has 0 radical (unpaired) electrons. The molecule has 2 aliphatic rings. The van der Waals surface area contributed by atoms with Crippen LogP contribution in [0.3, 0.4) is 0 Å². The number of morpholine rings is 1. The third kappa shape index (κ3) is 6.04. The van der Waals surface area contributed by atoms with Gasteiger partial charge in [0.1, 0.15) is 0 Å². The van der Waals surface area contributed by atoms with Crippen LogP contribution < -0.4 is 16.0 Å². The first-order valence-electron chi connectivity index (χ1n) is 13.2. The maximum Gasteiger partial charge on any atom is 0.439 e. The molecule has 3 amide bonds. The van der Waals surface area contributed by atoms with Crippen LogP contribution in [0.4, 0.5) is 11.4 Å². The lowest BCUT2D eigenvalue weighted by atomic mass is 10.1. The molecule has 5 rings (SSSR count). The Morgan fingerprint density at radius 2 is 1.90 bits per heavy atom. The first-order valence-corrected chi connectivity index (χ1v) is 13.2. The Kier molecular flexibility index (Phi) is 7.97. The topological polar surface area (TPSA) is 164 Å². The first-order chi connectivity index (χ1) is 19.7. The van der Waals surface area contributed by atoms with Crippen molar-refractivity contribution in [2.24, 2.45) is 0 Å². The molecular formula is C28H29N5O8. The van der Waals surface area contributed by atoms with Crippen molar-refractivity contribution in [1.29, 1.82) is 0 Å². The van der Waals surface area contributed by atoms with Gasteiger partial charge in [-0.25, -0.2) is 4.79 Å². The molecule has 2 aliphatic heterocycles. The Bertz CT molecular complexity index is 1510. The van der Waals surface area contributed by atoms with E-state index >= 15 is 0 Å². The van der Waals surface area contributed by atoms with Crippen molar-refractivity contribution in [2.45, 2.75) is 44.9 Å². The molecule has 0 saturated carbocycles. The van der Waals surface area contributed by atoms with Gasteiger partial charge in [-0.15, -0.1) is 0 Å². The number of aromatic nitrogens is 2. The van der Waals surface area contributed by atoms with E-state index in [1.807, 2.05) is 11.8 Å². The van der Waals surface area contributed by atoms with Crippen LogP contribution in [0.2, 0.25) is 0 Å². The minimum Gasteiger partial charge on any atom is -0.449 e. The predicted molar refractivity (Wildman–Crippen MR) is 145 cm³/mol. The van der Waals surface area contributed by atoms with E-state index in [1.54, 1.807) is 48.5 Å². The molecule has 1 aromatic heterocycles. The van der Waals surface area contributed by atoms with E-state index in [1.165, 1.54) is 4.90 Å². The van der Waals surface area contributed by atoms with Gasteiger partial charge in [0, 0.05) is 48.6 Å². The van der Waals surface area contributed by atoms with Gasteiger partial charge in [-0.1, -0.05) is 11.2 Å². The van der Waals surface area contributed by atoms with E-state index in [0.29, 0.717) is 29.0 Å². The monoisotopic (exact) mass is 563 g/mol. The number of likely N-dealkylation sites (tertiary alicyclic amines) is 1. The average Bonchev–Trinajstić information content (AvgIpc) is 3.60. The lowest BCUT2D eigenvalue weighted by Crippen LogP contribution is -2.56. The molecule has 214 valence electrons. The number of rotatable bonds is 7. The fourth-order valence-corrected chi connectivity index (χ4v) is 5.00. The zero-order valence-corrected chi connectivity index (χ0v) is 22.5. The summed E-state index contributed by atoms with van der Waals surface area (Å²) in [5, 5.41) is 6.24. The summed E-state index contributed by atoms with van der Waals surface area (Å²) in [5.41, 5.74) is 1.81. The second-order valence-electron chi connectivity index (χ2n) is 9.86. The van der Waals surface area contributed by atoms with Gasteiger partial charge in [-0.3, -0.25) is 28.7 Å². The van der Waals surface area contributed by atoms with Crippen molar-refractivity contribution in [1.82, 2.24) is 15.0 Å². The Morgan fingerprint density at radius 1 is 1.12 bits per heavy atom. The zero-order chi connectivity index (χ0) is 29.1. The van der Waals surface area contributed by atoms with Crippen LogP contribution in [0.15, 0.2) is 57.8 Å². The van der Waals surface area contributed by atoms with Crippen molar-refractivity contribution in [3.05, 3.63) is 64.6 Å². The quantitative estimate of drug-likeness (QED) is 0.409. The standard InChI is InChI=1S/C28H29N5O8/c1-16-5-4-12-32(16)26(36)19-6-3-7-21(15-19)33-13-14-39-23(27(33)37)22(40-17(2)34)25(35)29-20-10-8-18(9-11-20)24-30-28(38)41-31-24/h3,6-11,15-16,22-23H,4-5,12-14H2,1-2H3,(H,29,35)(H,30,31,38)/t16-,22+,23+/m0/s1.